The van der Waals surface area contributed by atoms with E-state index in [1.807, 2.05) is 31.2 Å². The molecule has 0 fully saturated rings. The Morgan fingerprint density at radius 1 is 1.38 bits per heavy atom. The summed E-state index contributed by atoms with van der Waals surface area (Å²) >= 11 is 0. The van der Waals surface area contributed by atoms with E-state index in [0.717, 1.165) is 22.2 Å². The van der Waals surface area contributed by atoms with E-state index in [9.17, 15) is 14.7 Å². The van der Waals surface area contributed by atoms with Gasteiger partial charge in [-0.15, -0.1) is 0 Å². The Balaban J connectivity index is 2.22. The van der Waals surface area contributed by atoms with Crippen molar-refractivity contribution < 1.29 is 14.7 Å². The van der Waals surface area contributed by atoms with Crippen molar-refractivity contribution in [2.45, 2.75) is 38.8 Å². The number of rotatable bonds is 2. The van der Waals surface area contributed by atoms with Gasteiger partial charge in [-0.2, -0.15) is 0 Å². The first-order valence-electron chi connectivity index (χ1n) is 7.15. The fourth-order valence-electron chi connectivity index (χ4n) is 3.42. The number of carboxylic acids is 1. The van der Waals surface area contributed by atoms with Gasteiger partial charge in [0.15, 0.2) is 0 Å². The number of nitrogens with zero attached hydrogens (tertiary/aromatic N) is 1. The van der Waals surface area contributed by atoms with Gasteiger partial charge < -0.3 is 15.0 Å². The van der Waals surface area contributed by atoms with E-state index >= 15 is 0 Å². The van der Waals surface area contributed by atoms with Crippen LogP contribution in [0.3, 0.4) is 0 Å². The first-order valence-corrected chi connectivity index (χ1v) is 7.15. The molecule has 1 aromatic carbocycles. The number of fused-ring (bicyclic) bond motifs is 3. The Bertz CT molecular complexity index is 719. The maximum atomic E-state index is 12.0. The summed E-state index contributed by atoms with van der Waals surface area (Å²) in [5.74, 6) is -1.14. The number of carbonyl (C=O) groups excluding carboxylic acids is 1. The van der Waals surface area contributed by atoms with Gasteiger partial charge in [0.2, 0.25) is 5.91 Å². The third-order valence-electron chi connectivity index (χ3n) is 4.28. The molecule has 0 spiro atoms. The first kappa shape index (κ1) is 13.7. The van der Waals surface area contributed by atoms with Crippen LogP contribution in [0.4, 0.5) is 0 Å². The van der Waals surface area contributed by atoms with E-state index < -0.39 is 12.0 Å². The highest BCUT2D eigenvalue weighted by Crippen LogP contribution is 2.38. The number of H-pyrrole nitrogens is 1. The number of aromatic amines is 1. The quantitative estimate of drug-likeness (QED) is 0.890. The second-order valence-electron chi connectivity index (χ2n) is 5.47. The van der Waals surface area contributed by atoms with Crippen LogP contribution in [0.15, 0.2) is 24.3 Å². The first-order chi connectivity index (χ1) is 10.0. The van der Waals surface area contributed by atoms with Gasteiger partial charge in [0, 0.05) is 29.9 Å². The van der Waals surface area contributed by atoms with Crippen molar-refractivity contribution >= 4 is 22.8 Å². The van der Waals surface area contributed by atoms with Crippen LogP contribution in [0.2, 0.25) is 0 Å². The molecule has 2 atom stereocenters. The second kappa shape index (κ2) is 4.91. The lowest BCUT2D eigenvalue weighted by Gasteiger charge is -2.39. The van der Waals surface area contributed by atoms with Crippen molar-refractivity contribution in [1.82, 2.24) is 9.88 Å². The summed E-state index contributed by atoms with van der Waals surface area (Å²) in [6.45, 7) is 3.41. The number of carbonyl (C=O) groups is 2. The van der Waals surface area contributed by atoms with Crippen LogP contribution < -0.4 is 0 Å². The lowest BCUT2D eigenvalue weighted by atomic mass is 9.90. The molecule has 0 saturated heterocycles. The van der Waals surface area contributed by atoms with Crippen LogP contribution in [0.25, 0.3) is 10.9 Å². The third-order valence-corrected chi connectivity index (χ3v) is 4.28. The molecule has 2 aromatic rings. The van der Waals surface area contributed by atoms with Gasteiger partial charge >= 0.3 is 5.97 Å². The summed E-state index contributed by atoms with van der Waals surface area (Å²) in [6, 6.07) is 6.88. The summed E-state index contributed by atoms with van der Waals surface area (Å²) < 4.78 is 0. The topological polar surface area (TPSA) is 73.4 Å². The summed E-state index contributed by atoms with van der Waals surface area (Å²) in [4.78, 5) is 28.4. The number of nitrogens with one attached hydrogen (secondary N) is 1. The second-order valence-corrected chi connectivity index (χ2v) is 5.47. The smallest absolute Gasteiger partial charge is 0.326 e. The predicted molar refractivity (Wildman–Crippen MR) is 79.0 cm³/mol. The fraction of sp³-hybridized carbons (Fsp3) is 0.375. The van der Waals surface area contributed by atoms with E-state index in [1.54, 1.807) is 0 Å². The van der Waals surface area contributed by atoms with Gasteiger partial charge in [0.1, 0.15) is 6.04 Å². The molecule has 5 nitrogen and oxygen atoms in total. The van der Waals surface area contributed by atoms with Crippen molar-refractivity contribution in [3.63, 3.8) is 0 Å². The minimum Gasteiger partial charge on any atom is -0.480 e. The van der Waals surface area contributed by atoms with Crippen LogP contribution in [0.1, 0.15) is 37.6 Å². The highest BCUT2D eigenvalue weighted by atomic mass is 16.4. The predicted octanol–water partition coefficient (Wildman–Crippen LogP) is 2.48. The zero-order valence-electron chi connectivity index (χ0n) is 12.1. The molecule has 1 aliphatic heterocycles. The van der Waals surface area contributed by atoms with E-state index in [2.05, 4.69) is 4.98 Å². The molecule has 5 heteroatoms. The van der Waals surface area contributed by atoms with Gasteiger partial charge in [-0.05, 0) is 18.1 Å². The summed E-state index contributed by atoms with van der Waals surface area (Å²) in [7, 11) is 0. The summed E-state index contributed by atoms with van der Waals surface area (Å²) in [5.41, 5.74) is 3.00. The SMILES string of the molecule is CC[C@H]1c2[nH]c3ccccc3c2C[C@H](C(=O)O)N1C(C)=O. The lowest BCUT2D eigenvalue weighted by molar-refractivity contribution is -0.152. The summed E-state index contributed by atoms with van der Waals surface area (Å²) in [5, 5.41) is 10.6. The van der Waals surface area contributed by atoms with Gasteiger partial charge in [-0.3, -0.25) is 4.79 Å². The number of para-hydroxylation sites is 1. The van der Waals surface area contributed by atoms with Crippen LogP contribution in [0.5, 0.6) is 0 Å². The zero-order valence-corrected chi connectivity index (χ0v) is 12.1. The van der Waals surface area contributed by atoms with Crippen molar-refractivity contribution in [3.8, 4) is 0 Å². The van der Waals surface area contributed by atoms with Crippen molar-refractivity contribution in [3.05, 3.63) is 35.5 Å². The molecular formula is C16H18N2O3. The van der Waals surface area contributed by atoms with Gasteiger partial charge in [-0.25, -0.2) is 4.79 Å². The van der Waals surface area contributed by atoms with Crippen LogP contribution in [-0.4, -0.2) is 32.9 Å². The Morgan fingerprint density at radius 2 is 2.10 bits per heavy atom. The zero-order chi connectivity index (χ0) is 15.1. The van der Waals surface area contributed by atoms with E-state index in [4.69, 9.17) is 0 Å². The number of aliphatic carboxylic acids is 1. The molecular weight excluding hydrogens is 268 g/mol. The number of carboxylic acid groups (broad SMARTS) is 1. The van der Waals surface area contributed by atoms with Crippen LogP contribution in [-0.2, 0) is 16.0 Å². The molecule has 110 valence electrons. The molecule has 1 aliphatic rings. The lowest BCUT2D eigenvalue weighted by Crippen LogP contribution is -2.50. The van der Waals surface area contributed by atoms with Gasteiger partial charge in [0.05, 0.1) is 6.04 Å². The van der Waals surface area contributed by atoms with E-state index in [-0.39, 0.29) is 11.9 Å². The summed E-state index contributed by atoms with van der Waals surface area (Å²) in [6.07, 6.45) is 1.04. The Hall–Kier alpha value is -2.30. The standard InChI is InChI=1S/C16H18N2O3/c1-3-13-15-11(10-6-4-5-7-12(10)17-15)8-14(16(20)21)18(13)9(2)19/h4-7,13-14,17H,3,8H2,1-2H3,(H,20,21)/t13-,14+/m0/s1. The minimum absolute atomic E-state index is 0.196. The van der Waals surface area contributed by atoms with Crippen molar-refractivity contribution in [2.75, 3.05) is 0 Å². The molecule has 0 unspecified atom stereocenters. The van der Waals surface area contributed by atoms with Gasteiger partial charge in [0.25, 0.3) is 0 Å². The number of benzene rings is 1. The fourth-order valence-corrected chi connectivity index (χ4v) is 3.42. The number of aromatic nitrogens is 1. The third kappa shape index (κ3) is 2.00. The molecule has 1 aromatic heterocycles. The van der Waals surface area contributed by atoms with Crippen LogP contribution >= 0.6 is 0 Å². The average molecular weight is 286 g/mol. The molecule has 0 bridgehead atoms. The van der Waals surface area contributed by atoms with Crippen molar-refractivity contribution in [2.24, 2.45) is 0 Å². The maximum absolute atomic E-state index is 12.0. The highest BCUT2D eigenvalue weighted by Gasteiger charge is 2.40. The molecule has 1 amide bonds. The monoisotopic (exact) mass is 286 g/mol. The number of hydrogen-bond donors (Lipinski definition) is 2. The van der Waals surface area contributed by atoms with Crippen LogP contribution in [0, 0.1) is 0 Å². The molecule has 2 heterocycles. The molecule has 0 saturated carbocycles. The molecule has 0 aliphatic carbocycles. The minimum atomic E-state index is -0.945. The van der Waals surface area contributed by atoms with Crippen molar-refractivity contribution in [1.29, 1.82) is 0 Å². The molecule has 21 heavy (non-hydrogen) atoms. The maximum Gasteiger partial charge on any atom is 0.326 e. The molecule has 0 radical (unpaired) electrons. The highest BCUT2D eigenvalue weighted by molar-refractivity contribution is 5.89. The Morgan fingerprint density at radius 3 is 2.71 bits per heavy atom. The molecule has 3 rings (SSSR count). The molecule has 2 N–H and O–H groups in total. The normalized spacial score (nSPS) is 21.3. The van der Waals surface area contributed by atoms with E-state index in [1.165, 1.54) is 11.8 Å². The van der Waals surface area contributed by atoms with E-state index in [0.29, 0.717) is 12.8 Å². The number of hydrogen-bond acceptors (Lipinski definition) is 2. The van der Waals surface area contributed by atoms with Gasteiger partial charge in [-0.1, -0.05) is 25.1 Å². The largest absolute Gasteiger partial charge is 0.480 e. The average Bonchev–Trinajstić information content (AvgIpc) is 2.83. The Labute approximate surface area is 122 Å². The Kier molecular flexibility index (Phi) is 3.20. The number of amides is 1.